The molecule has 3 nitrogen and oxygen atoms in total. The summed E-state index contributed by atoms with van der Waals surface area (Å²) >= 11 is 0. The molecule has 0 bridgehead atoms. The molecular formula is C9H23B3N3. The molecule has 1 unspecified atom stereocenters. The summed E-state index contributed by atoms with van der Waals surface area (Å²) in [4.78, 5) is 0. The van der Waals surface area contributed by atoms with Gasteiger partial charge in [-0.3, -0.25) is 0 Å². The van der Waals surface area contributed by atoms with E-state index in [1.54, 1.807) is 0 Å². The average molecular weight is 206 g/mol. The summed E-state index contributed by atoms with van der Waals surface area (Å²) in [5.41, 5.74) is 0. The van der Waals surface area contributed by atoms with Gasteiger partial charge in [-0.1, -0.05) is 40.0 Å². The number of hydrogen-bond acceptors (Lipinski definition) is 3. The summed E-state index contributed by atoms with van der Waals surface area (Å²) in [7, 11) is 2.00. The molecule has 3 N–H and O–H groups in total. The minimum Gasteiger partial charge on any atom is -0.375 e. The molecule has 1 fully saturated rings. The van der Waals surface area contributed by atoms with Gasteiger partial charge in [0.1, 0.15) is 0 Å². The smallest absolute Gasteiger partial charge is 0.285 e. The molecule has 1 aliphatic rings. The Kier molecular flexibility index (Phi) is 6.45. The molecule has 6 heteroatoms. The first kappa shape index (κ1) is 13.1. The van der Waals surface area contributed by atoms with Gasteiger partial charge in [0, 0.05) is 0 Å². The normalized spacial score (nSPS) is 18.9. The molecule has 15 heavy (non-hydrogen) atoms. The number of nitrogens with one attached hydrogen (secondary N) is 3. The van der Waals surface area contributed by atoms with Gasteiger partial charge >= 0.3 is 0 Å². The van der Waals surface area contributed by atoms with Gasteiger partial charge in [0.05, 0.1) is 0 Å². The molecular weight excluding hydrogens is 183 g/mol. The third-order valence-corrected chi connectivity index (χ3v) is 2.97. The van der Waals surface area contributed by atoms with E-state index in [0.29, 0.717) is 14.0 Å². The minimum atomic E-state index is 0.448. The highest BCUT2D eigenvalue weighted by molar-refractivity contribution is 6.81. The van der Waals surface area contributed by atoms with Gasteiger partial charge in [0.2, 0.25) is 0 Å². The van der Waals surface area contributed by atoms with Crippen molar-refractivity contribution in [3.05, 3.63) is 0 Å². The monoisotopic (exact) mass is 206 g/mol. The van der Waals surface area contributed by atoms with Crippen molar-refractivity contribution in [2.24, 2.45) is 5.92 Å². The second-order valence-electron chi connectivity index (χ2n) is 4.67. The van der Waals surface area contributed by atoms with E-state index >= 15 is 0 Å². The molecule has 0 aliphatic carbocycles. The fourth-order valence-electron chi connectivity index (χ4n) is 2.19. The first-order valence-corrected chi connectivity index (χ1v) is 6.36. The van der Waals surface area contributed by atoms with Crippen molar-refractivity contribution in [3.8, 4) is 0 Å². The van der Waals surface area contributed by atoms with Crippen LogP contribution >= 0.6 is 0 Å². The second kappa shape index (κ2) is 7.36. The van der Waals surface area contributed by atoms with E-state index in [9.17, 15) is 0 Å². The van der Waals surface area contributed by atoms with Gasteiger partial charge < -0.3 is 15.4 Å². The van der Waals surface area contributed by atoms with Gasteiger partial charge in [-0.2, -0.15) is 0 Å². The van der Waals surface area contributed by atoms with Crippen LogP contribution in [0.4, 0.5) is 0 Å². The van der Waals surface area contributed by atoms with Crippen molar-refractivity contribution in [3.63, 3.8) is 0 Å². The summed E-state index contributed by atoms with van der Waals surface area (Å²) in [6.07, 6.45) is 6.23. The molecule has 0 spiro atoms. The van der Waals surface area contributed by atoms with Crippen LogP contribution in [-0.4, -0.2) is 21.5 Å². The Labute approximate surface area is 96.1 Å². The van der Waals surface area contributed by atoms with Gasteiger partial charge in [-0.05, 0) is 18.6 Å². The summed E-state index contributed by atoms with van der Waals surface area (Å²) in [6, 6.07) is 0. The quantitative estimate of drug-likeness (QED) is 0.569. The van der Waals surface area contributed by atoms with E-state index in [-0.39, 0.29) is 0 Å². The molecule has 1 aliphatic heterocycles. The zero-order chi connectivity index (χ0) is 11.1. The van der Waals surface area contributed by atoms with E-state index < -0.39 is 0 Å². The summed E-state index contributed by atoms with van der Waals surface area (Å²) < 4.78 is 0. The molecule has 1 heterocycles. The largest absolute Gasteiger partial charge is 0.375 e. The van der Waals surface area contributed by atoms with E-state index in [4.69, 9.17) is 0 Å². The lowest BCUT2D eigenvalue weighted by Crippen LogP contribution is -2.69. The Bertz CT molecular complexity index is 167. The lowest BCUT2D eigenvalue weighted by Gasteiger charge is -2.29. The highest BCUT2D eigenvalue weighted by atomic mass is 15.0. The highest BCUT2D eigenvalue weighted by Gasteiger charge is 2.27. The third kappa shape index (κ3) is 5.09. The zero-order valence-corrected chi connectivity index (χ0v) is 10.3. The summed E-state index contributed by atoms with van der Waals surface area (Å²) in [6.45, 7) is 7.72. The van der Waals surface area contributed by atoms with E-state index in [1.165, 1.54) is 31.9 Å². The topological polar surface area (TPSA) is 36.1 Å². The molecule has 0 amide bonds. The Morgan fingerprint density at radius 1 is 1.13 bits per heavy atom. The van der Waals surface area contributed by atoms with Crippen molar-refractivity contribution >= 4 is 21.5 Å². The fourth-order valence-corrected chi connectivity index (χ4v) is 2.19. The van der Waals surface area contributed by atoms with Crippen molar-refractivity contribution in [1.82, 2.24) is 15.4 Å². The van der Waals surface area contributed by atoms with Crippen LogP contribution in [0, 0.1) is 5.92 Å². The van der Waals surface area contributed by atoms with Crippen LogP contribution in [0.5, 0.6) is 0 Å². The summed E-state index contributed by atoms with van der Waals surface area (Å²) in [5.74, 6) is 0.800. The first-order valence-electron chi connectivity index (χ1n) is 6.36. The lowest BCUT2D eigenvalue weighted by atomic mass is 9.51. The van der Waals surface area contributed by atoms with Crippen LogP contribution in [0.2, 0.25) is 12.6 Å². The molecule has 1 radical (unpaired) electrons. The van der Waals surface area contributed by atoms with Gasteiger partial charge in [-0.25, -0.2) is 0 Å². The number of hydrogen-bond donors (Lipinski definition) is 3. The van der Waals surface area contributed by atoms with Crippen molar-refractivity contribution in [2.45, 2.75) is 52.7 Å². The SMILES string of the molecule is CCCB1N[B]NB(CC(C)CCC)N1. The van der Waals surface area contributed by atoms with E-state index in [1.807, 2.05) is 7.55 Å². The predicted octanol–water partition coefficient (Wildman–Crippen LogP) is 1.13. The minimum absolute atomic E-state index is 0.448. The maximum atomic E-state index is 3.59. The maximum Gasteiger partial charge on any atom is 0.285 e. The Balaban J connectivity index is 2.23. The highest BCUT2D eigenvalue weighted by Crippen LogP contribution is 2.12. The van der Waals surface area contributed by atoms with Crippen molar-refractivity contribution in [2.75, 3.05) is 0 Å². The standard InChI is InChI=1S/C9H23B3N3/c1-4-6-9(3)8-12-14-10-13-11(15-12)7-5-2/h9,13-15H,4-8H2,1-3H3. The Morgan fingerprint density at radius 3 is 2.53 bits per heavy atom. The molecule has 0 aromatic heterocycles. The zero-order valence-electron chi connectivity index (χ0n) is 10.3. The lowest BCUT2D eigenvalue weighted by molar-refractivity contribution is 0.567. The van der Waals surface area contributed by atoms with Crippen LogP contribution in [0.15, 0.2) is 0 Å². The molecule has 0 aromatic carbocycles. The van der Waals surface area contributed by atoms with Crippen LogP contribution in [-0.2, 0) is 0 Å². The maximum absolute atomic E-state index is 3.59. The molecule has 1 saturated heterocycles. The van der Waals surface area contributed by atoms with Crippen LogP contribution in [0.1, 0.15) is 40.0 Å². The average Bonchev–Trinajstić information content (AvgIpc) is 2.19. The van der Waals surface area contributed by atoms with Gasteiger partial charge in [-0.15, -0.1) is 0 Å². The summed E-state index contributed by atoms with van der Waals surface area (Å²) in [5, 5.41) is 10.2. The van der Waals surface area contributed by atoms with Crippen LogP contribution < -0.4 is 15.4 Å². The first-order chi connectivity index (χ1) is 7.26. The van der Waals surface area contributed by atoms with Crippen LogP contribution in [0.25, 0.3) is 0 Å². The Hall–Kier alpha value is 0.0748. The molecule has 83 valence electrons. The van der Waals surface area contributed by atoms with Crippen LogP contribution in [0.3, 0.4) is 0 Å². The van der Waals surface area contributed by atoms with Crippen molar-refractivity contribution in [1.29, 1.82) is 0 Å². The third-order valence-electron chi connectivity index (χ3n) is 2.97. The molecule has 0 saturated carbocycles. The molecule has 0 aromatic rings. The van der Waals surface area contributed by atoms with E-state index in [2.05, 4.69) is 36.2 Å². The van der Waals surface area contributed by atoms with Gasteiger partial charge in [0.25, 0.3) is 21.5 Å². The number of rotatable bonds is 6. The van der Waals surface area contributed by atoms with Gasteiger partial charge in [0.15, 0.2) is 0 Å². The van der Waals surface area contributed by atoms with Crippen molar-refractivity contribution < 1.29 is 0 Å². The second-order valence-corrected chi connectivity index (χ2v) is 4.67. The molecule has 1 rings (SSSR count). The molecule has 1 atom stereocenters. The predicted molar refractivity (Wildman–Crippen MR) is 70.6 cm³/mol. The fraction of sp³-hybridized carbons (Fsp3) is 1.00. The Morgan fingerprint density at radius 2 is 1.87 bits per heavy atom. The van der Waals surface area contributed by atoms with E-state index in [0.717, 1.165) is 5.92 Å².